The third kappa shape index (κ3) is 6.47. The first-order valence-corrected chi connectivity index (χ1v) is 17.5. The van der Waals surface area contributed by atoms with Crippen molar-refractivity contribution < 1.29 is 29.3 Å². The zero-order valence-electron chi connectivity index (χ0n) is 29.6. The van der Waals surface area contributed by atoms with Gasteiger partial charge in [0.1, 0.15) is 17.5 Å². The predicted molar refractivity (Wildman–Crippen MR) is 196 cm³/mol. The number of hydrogen-bond donors (Lipinski definition) is 3. The molecule has 1 spiro atoms. The molecule has 0 bridgehead atoms. The molecule has 0 aliphatic carbocycles. The van der Waals surface area contributed by atoms with Crippen LogP contribution in [0, 0.1) is 11.8 Å². The number of aromatic nitrogens is 3. The van der Waals surface area contributed by atoms with Gasteiger partial charge in [-0.05, 0) is 73.9 Å². The van der Waals surface area contributed by atoms with Gasteiger partial charge in [0, 0.05) is 35.2 Å². The zero-order chi connectivity index (χ0) is 36.6. The van der Waals surface area contributed by atoms with Gasteiger partial charge < -0.3 is 29.9 Å². The van der Waals surface area contributed by atoms with Crippen LogP contribution in [0.4, 0.5) is 11.4 Å². The summed E-state index contributed by atoms with van der Waals surface area (Å²) in [5, 5.41) is 33.7. The number of aliphatic hydroxyl groups excluding tert-OH is 1. The van der Waals surface area contributed by atoms with Crippen LogP contribution in [0.1, 0.15) is 66.0 Å². The van der Waals surface area contributed by atoms with E-state index in [2.05, 4.69) is 15.6 Å². The van der Waals surface area contributed by atoms with Gasteiger partial charge in [0.15, 0.2) is 5.60 Å². The van der Waals surface area contributed by atoms with E-state index in [0.717, 1.165) is 22.4 Å². The fourth-order valence-electron chi connectivity index (χ4n) is 7.89. The molecule has 52 heavy (non-hydrogen) atoms. The molecule has 2 aliphatic heterocycles. The van der Waals surface area contributed by atoms with Gasteiger partial charge in [-0.1, -0.05) is 72.8 Å². The van der Waals surface area contributed by atoms with Crippen LogP contribution in [-0.4, -0.2) is 55.8 Å². The average molecular weight is 702 g/mol. The van der Waals surface area contributed by atoms with E-state index >= 15 is 0 Å². The first-order chi connectivity index (χ1) is 25.0. The second-order valence-corrected chi connectivity index (χ2v) is 14.2. The number of aliphatic hydroxyl groups is 2. The fraction of sp³-hybridized carbons (Fsp3) is 0.317. The molecule has 11 nitrogen and oxygen atoms in total. The van der Waals surface area contributed by atoms with Crippen molar-refractivity contribution in [1.82, 2.24) is 15.0 Å². The second-order valence-electron chi connectivity index (χ2n) is 14.2. The summed E-state index contributed by atoms with van der Waals surface area (Å²) in [7, 11) is 1.58. The third-order valence-corrected chi connectivity index (χ3v) is 10.4. The van der Waals surface area contributed by atoms with Gasteiger partial charge in [0.2, 0.25) is 0 Å². The number of hydrogen-bond acceptors (Lipinski definition) is 8. The number of rotatable bonds is 11. The van der Waals surface area contributed by atoms with E-state index < -0.39 is 23.4 Å². The van der Waals surface area contributed by atoms with Crippen LogP contribution < -0.4 is 15.0 Å². The lowest BCUT2D eigenvalue weighted by molar-refractivity contribution is -0.146. The second kappa shape index (κ2) is 14.0. The topological polar surface area (TPSA) is 139 Å². The van der Waals surface area contributed by atoms with Crippen LogP contribution in [-0.2, 0) is 28.2 Å². The van der Waals surface area contributed by atoms with E-state index in [0.29, 0.717) is 42.2 Å². The Labute approximate surface area is 302 Å². The van der Waals surface area contributed by atoms with Gasteiger partial charge in [-0.25, -0.2) is 0 Å². The molecule has 7 rings (SSSR count). The smallest absolute Gasteiger partial charge is 0.264 e. The summed E-state index contributed by atoms with van der Waals surface area (Å²) < 4.78 is 13.8. The van der Waals surface area contributed by atoms with Crippen LogP contribution in [0.15, 0.2) is 109 Å². The molecule has 4 aromatic carbocycles. The van der Waals surface area contributed by atoms with Crippen LogP contribution in [0.3, 0.4) is 0 Å². The number of benzene rings is 4. The molecule has 1 saturated heterocycles. The number of methoxy groups -OCH3 is 1. The molecule has 0 saturated carbocycles. The van der Waals surface area contributed by atoms with E-state index in [9.17, 15) is 19.8 Å². The minimum atomic E-state index is -1.30. The van der Waals surface area contributed by atoms with Gasteiger partial charge in [0.25, 0.3) is 11.8 Å². The molecule has 1 aromatic heterocycles. The minimum Gasteiger partial charge on any atom is -0.497 e. The summed E-state index contributed by atoms with van der Waals surface area (Å²) in [5.41, 5.74) is 2.27. The maximum atomic E-state index is 14.7. The van der Waals surface area contributed by atoms with Crippen molar-refractivity contribution >= 4 is 23.2 Å². The molecular weight excluding hydrogens is 658 g/mol. The summed E-state index contributed by atoms with van der Waals surface area (Å²) in [6, 6.07) is 31.3. The Morgan fingerprint density at radius 2 is 1.69 bits per heavy atom. The summed E-state index contributed by atoms with van der Waals surface area (Å²) in [6.45, 7) is 6.24. The highest BCUT2D eigenvalue weighted by Crippen LogP contribution is 2.58. The number of anilines is 2. The number of carbonyl (C=O) groups is 2. The predicted octanol–water partition coefficient (Wildman–Crippen LogP) is 5.88. The fourth-order valence-corrected chi connectivity index (χ4v) is 7.89. The summed E-state index contributed by atoms with van der Waals surface area (Å²) in [5.74, 6) is -0.484. The lowest BCUT2D eigenvalue weighted by atomic mass is 9.71. The van der Waals surface area contributed by atoms with Crippen molar-refractivity contribution in [2.24, 2.45) is 11.8 Å². The van der Waals surface area contributed by atoms with Crippen molar-refractivity contribution in [2.75, 3.05) is 17.3 Å². The number of carbonyl (C=O) groups excluding carboxylic acids is 2. The first-order valence-electron chi connectivity index (χ1n) is 17.5. The number of nitrogens with one attached hydrogen (secondary N) is 1. The van der Waals surface area contributed by atoms with Crippen LogP contribution in [0.5, 0.6) is 5.75 Å². The maximum absolute atomic E-state index is 14.7. The number of nitrogens with zero attached hydrogens (tertiary/aromatic N) is 4. The molecule has 268 valence electrons. The molecule has 3 heterocycles. The van der Waals surface area contributed by atoms with Crippen LogP contribution in [0.2, 0.25) is 0 Å². The van der Waals surface area contributed by atoms with Gasteiger partial charge in [-0.2, -0.15) is 0 Å². The molecule has 11 heteroatoms. The monoisotopic (exact) mass is 701 g/mol. The maximum Gasteiger partial charge on any atom is 0.264 e. The molecule has 5 aromatic rings. The van der Waals surface area contributed by atoms with E-state index in [1.165, 1.54) is 0 Å². The molecule has 2 aliphatic rings. The van der Waals surface area contributed by atoms with Crippen molar-refractivity contribution in [3.8, 4) is 5.75 Å². The highest BCUT2D eigenvalue weighted by Gasteiger charge is 2.65. The van der Waals surface area contributed by atoms with Crippen molar-refractivity contribution in [1.29, 1.82) is 0 Å². The van der Waals surface area contributed by atoms with Crippen molar-refractivity contribution in [2.45, 2.75) is 63.7 Å². The van der Waals surface area contributed by atoms with Gasteiger partial charge in [-0.3, -0.25) is 14.3 Å². The summed E-state index contributed by atoms with van der Waals surface area (Å²) >= 11 is 0. The quantitative estimate of drug-likeness (QED) is 0.155. The van der Waals surface area contributed by atoms with E-state index in [-0.39, 0.29) is 23.7 Å². The van der Waals surface area contributed by atoms with Gasteiger partial charge >= 0.3 is 0 Å². The standard InChI is InChI=1S/C41H43N5O6/c1-26-36(40(2,3)50)35(22-23-45-25-33(43-44-45)37(47)28-10-6-5-7-11-28)52-41(26)32-12-8-9-13-34(32)46(39(41)49)24-27-14-18-30(19-15-27)42-38(48)29-16-20-31(51-4)21-17-29/h5-21,25-26,35-37,47,50H,22-24H2,1-4H3,(H,42,48)/t26-,35+,36-,37-,41+/m1/s1. The largest absolute Gasteiger partial charge is 0.497 e. The highest BCUT2D eigenvalue weighted by atomic mass is 16.5. The Balaban J connectivity index is 1.09. The van der Waals surface area contributed by atoms with E-state index in [1.807, 2.05) is 85.8 Å². The molecule has 0 radical (unpaired) electrons. The van der Waals surface area contributed by atoms with E-state index in [1.54, 1.807) is 61.0 Å². The SMILES string of the molecule is COc1ccc(C(=O)Nc2ccc(CN3C(=O)[C@@]4(O[C@@H](CCn5cc([C@H](O)c6ccccc6)nn5)[C@H](C(C)(C)O)[C@H]4C)c4ccccc43)cc2)cc1. The number of amides is 2. The molecule has 1 fully saturated rings. The minimum absolute atomic E-state index is 0.177. The lowest BCUT2D eigenvalue weighted by Crippen LogP contribution is -2.46. The van der Waals surface area contributed by atoms with Crippen molar-refractivity contribution in [3.05, 3.63) is 137 Å². The summed E-state index contributed by atoms with van der Waals surface area (Å²) in [4.78, 5) is 29.3. The summed E-state index contributed by atoms with van der Waals surface area (Å²) in [6.07, 6.45) is 0.799. The number of ether oxygens (including phenoxy) is 2. The Kier molecular flexibility index (Phi) is 9.43. The van der Waals surface area contributed by atoms with Crippen LogP contribution in [0.25, 0.3) is 0 Å². The Morgan fingerprint density at radius 1 is 1.00 bits per heavy atom. The molecule has 5 atom stereocenters. The molecular formula is C41H43N5O6. The normalized spacial score (nSPS) is 21.7. The van der Waals surface area contributed by atoms with Crippen molar-refractivity contribution in [3.63, 3.8) is 0 Å². The van der Waals surface area contributed by atoms with Gasteiger partial charge in [0.05, 0.1) is 37.2 Å². The zero-order valence-corrected chi connectivity index (χ0v) is 29.6. The number of aryl methyl sites for hydroxylation is 1. The van der Waals surface area contributed by atoms with E-state index in [4.69, 9.17) is 9.47 Å². The molecule has 0 unspecified atom stereocenters. The van der Waals surface area contributed by atoms with Crippen LogP contribution >= 0.6 is 0 Å². The number of fused-ring (bicyclic) bond motifs is 2. The molecule has 3 N–H and O–H groups in total. The Hall–Kier alpha value is -5.36. The van der Waals surface area contributed by atoms with Gasteiger partial charge in [-0.15, -0.1) is 5.10 Å². The molecule has 2 amide bonds. The Bertz CT molecular complexity index is 2040. The highest BCUT2D eigenvalue weighted by molar-refractivity contribution is 6.07. The lowest BCUT2D eigenvalue weighted by Gasteiger charge is -2.34. The number of para-hydroxylation sites is 1. The third-order valence-electron chi connectivity index (χ3n) is 10.4. The first kappa shape index (κ1) is 35.1. The Morgan fingerprint density at radius 3 is 2.38 bits per heavy atom. The average Bonchev–Trinajstić information content (AvgIpc) is 3.82.